The number of hydrogen-bond donors (Lipinski definition) is 2. The lowest BCUT2D eigenvalue weighted by Gasteiger charge is -2.11. The number of anilines is 2. The molecule has 2 N–H and O–H groups in total. The fourth-order valence-corrected chi connectivity index (χ4v) is 3.34. The summed E-state index contributed by atoms with van der Waals surface area (Å²) in [6.45, 7) is 3.62. The van der Waals surface area contributed by atoms with Crippen LogP contribution in [0.2, 0.25) is 10.0 Å². The van der Waals surface area contributed by atoms with Gasteiger partial charge in [0.25, 0.3) is 11.8 Å². The minimum absolute atomic E-state index is 0.104. The van der Waals surface area contributed by atoms with E-state index in [1.807, 2.05) is 38.1 Å². The van der Waals surface area contributed by atoms with Gasteiger partial charge in [0.1, 0.15) is 17.4 Å². The van der Waals surface area contributed by atoms with Crippen LogP contribution >= 0.6 is 23.2 Å². The molecule has 0 atom stereocenters. The number of carbonyl (C=O) groups excluding carboxylic acids is 2. The first-order valence-electron chi connectivity index (χ1n) is 10.2. The second-order valence-electron chi connectivity index (χ2n) is 7.48. The van der Waals surface area contributed by atoms with Crippen molar-refractivity contribution >= 4 is 52.5 Å². The van der Waals surface area contributed by atoms with Gasteiger partial charge in [0.05, 0.1) is 5.02 Å². The molecule has 0 aromatic heterocycles. The lowest BCUT2D eigenvalue weighted by atomic mass is 10.1. The maximum atomic E-state index is 12.4. The number of nitrogens with one attached hydrogen (secondary N) is 2. The normalized spacial score (nSPS) is 10.9. The van der Waals surface area contributed by atoms with E-state index in [1.165, 1.54) is 6.08 Å². The zero-order valence-electron chi connectivity index (χ0n) is 18.5. The quantitative estimate of drug-likeness (QED) is 0.304. The van der Waals surface area contributed by atoms with Gasteiger partial charge in [0.15, 0.2) is 6.61 Å². The minimum Gasteiger partial charge on any atom is -0.482 e. The number of carbonyl (C=O) groups is 2. The van der Waals surface area contributed by atoms with Crippen LogP contribution in [0.5, 0.6) is 5.75 Å². The Morgan fingerprint density at radius 1 is 1.00 bits per heavy atom. The molecule has 3 aromatic rings. The number of amides is 2. The van der Waals surface area contributed by atoms with Crippen molar-refractivity contribution in [1.82, 2.24) is 0 Å². The maximum Gasteiger partial charge on any atom is 0.266 e. The molecule has 0 saturated carbocycles. The Labute approximate surface area is 207 Å². The molecule has 0 heterocycles. The molecule has 0 bridgehead atoms. The lowest BCUT2D eigenvalue weighted by molar-refractivity contribution is -0.118. The van der Waals surface area contributed by atoms with Gasteiger partial charge in [0, 0.05) is 16.4 Å². The molecule has 3 rings (SSSR count). The highest BCUT2D eigenvalue weighted by molar-refractivity contribution is 6.32. The van der Waals surface area contributed by atoms with Crippen molar-refractivity contribution in [3.8, 4) is 11.8 Å². The topological polar surface area (TPSA) is 91.2 Å². The molecular weight excluding hydrogens is 473 g/mol. The van der Waals surface area contributed by atoms with E-state index in [9.17, 15) is 14.9 Å². The largest absolute Gasteiger partial charge is 0.482 e. The Balaban J connectivity index is 1.64. The monoisotopic (exact) mass is 493 g/mol. The number of halogens is 2. The van der Waals surface area contributed by atoms with E-state index in [-0.39, 0.29) is 23.1 Å². The predicted molar refractivity (Wildman–Crippen MR) is 135 cm³/mol. The smallest absolute Gasteiger partial charge is 0.266 e. The van der Waals surface area contributed by atoms with Gasteiger partial charge in [-0.15, -0.1) is 0 Å². The Morgan fingerprint density at radius 3 is 2.41 bits per heavy atom. The first-order chi connectivity index (χ1) is 16.2. The van der Waals surface area contributed by atoms with E-state index >= 15 is 0 Å². The minimum atomic E-state index is -0.565. The third kappa shape index (κ3) is 6.85. The van der Waals surface area contributed by atoms with Crippen LogP contribution in [-0.2, 0) is 9.59 Å². The molecule has 2 amide bonds. The average Bonchev–Trinajstić information content (AvgIpc) is 2.80. The van der Waals surface area contributed by atoms with Crippen LogP contribution in [0.1, 0.15) is 16.7 Å². The molecule has 0 aliphatic rings. The summed E-state index contributed by atoms with van der Waals surface area (Å²) in [6, 6.07) is 19.0. The molecule has 3 aromatic carbocycles. The van der Waals surface area contributed by atoms with Gasteiger partial charge in [-0.1, -0.05) is 41.4 Å². The van der Waals surface area contributed by atoms with E-state index in [0.717, 1.165) is 16.8 Å². The van der Waals surface area contributed by atoms with E-state index in [4.69, 9.17) is 27.9 Å². The van der Waals surface area contributed by atoms with Crippen LogP contribution in [0.25, 0.3) is 6.08 Å². The summed E-state index contributed by atoms with van der Waals surface area (Å²) >= 11 is 12.1. The third-order valence-corrected chi connectivity index (χ3v) is 5.31. The fourth-order valence-electron chi connectivity index (χ4n) is 2.97. The standard InChI is InChI=1S/C26H21Cl2N3O3/c1-16-3-4-17(2)23(11-16)31-25(32)15-34-24-10-5-18(13-22(24)28)12-19(14-29)26(33)30-21-8-6-20(27)7-9-21/h3-13H,15H2,1-2H3,(H,30,33)(H,31,32)/b19-12-. The number of nitriles is 1. The van der Waals surface area contributed by atoms with Gasteiger partial charge < -0.3 is 15.4 Å². The summed E-state index contributed by atoms with van der Waals surface area (Å²) in [7, 11) is 0. The van der Waals surface area contributed by atoms with Crippen molar-refractivity contribution in [2.24, 2.45) is 0 Å². The van der Waals surface area contributed by atoms with E-state index < -0.39 is 5.91 Å². The molecule has 172 valence electrons. The van der Waals surface area contributed by atoms with Gasteiger partial charge >= 0.3 is 0 Å². The molecular formula is C26H21Cl2N3O3. The molecule has 0 fully saturated rings. The van der Waals surface area contributed by atoms with Crippen molar-refractivity contribution < 1.29 is 14.3 Å². The highest BCUT2D eigenvalue weighted by atomic mass is 35.5. The van der Waals surface area contributed by atoms with E-state index in [1.54, 1.807) is 42.5 Å². The summed E-state index contributed by atoms with van der Waals surface area (Å²) in [4.78, 5) is 24.7. The summed E-state index contributed by atoms with van der Waals surface area (Å²) in [6.07, 6.45) is 1.41. The number of nitrogens with zero attached hydrogens (tertiary/aromatic N) is 1. The van der Waals surface area contributed by atoms with Gasteiger partial charge in [0.2, 0.25) is 0 Å². The summed E-state index contributed by atoms with van der Waals surface area (Å²) in [5.41, 5.74) is 3.64. The predicted octanol–water partition coefficient (Wildman–Crippen LogP) is 6.17. The Bertz CT molecular complexity index is 1300. The molecule has 0 unspecified atom stereocenters. The van der Waals surface area contributed by atoms with Gasteiger partial charge in [-0.25, -0.2) is 0 Å². The maximum absolute atomic E-state index is 12.4. The zero-order chi connectivity index (χ0) is 24.7. The van der Waals surface area contributed by atoms with Crippen LogP contribution in [0.4, 0.5) is 11.4 Å². The van der Waals surface area contributed by atoms with Crippen LogP contribution in [0, 0.1) is 25.2 Å². The molecule has 0 radical (unpaired) electrons. The van der Waals surface area contributed by atoms with Crippen molar-refractivity contribution in [1.29, 1.82) is 5.26 Å². The molecule has 6 nitrogen and oxygen atoms in total. The first-order valence-corrected chi connectivity index (χ1v) is 11.0. The van der Waals surface area contributed by atoms with Crippen LogP contribution in [-0.4, -0.2) is 18.4 Å². The van der Waals surface area contributed by atoms with Crippen LogP contribution < -0.4 is 15.4 Å². The number of hydrogen-bond acceptors (Lipinski definition) is 4. The van der Waals surface area contributed by atoms with Crippen molar-refractivity contribution in [2.75, 3.05) is 17.2 Å². The Kier molecular flexibility index (Phi) is 8.31. The third-order valence-electron chi connectivity index (χ3n) is 4.76. The van der Waals surface area contributed by atoms with Crippen LogP contribution in [0.3, 0.4) is 0 Å². The van der Waals surface area contributed by atoms with Gasteiger partial charge in [-0.05, 0) is 79.1 Å². The Hall–Kier alpha value is -3.79. The van der Waals surface area contributed by atoms with Crippen molar-refractivity contribution in [3.05, 3.63) is 93.0 Å². The van der Waals surface area contributed by atoms with Crippen molar-refractivity contribution in [3.63, 3.8) is 0 Å². The molecule has 34 heavy (non-hydrogen) atoms. The van der Waals surface area contributed by atoms with Gasteiger partial charge in [-0.3, -0.25) is 9.59 Å². The zero-order valence-corrected chi connectivity index (χ0v) is 20.0. The van der Waals surface area contributed by atoms with E-state index in [2.05, 4.69) is 10.6 Å². The SMILES string of the molecule is Cc1ccc(C)c(NC(=O)COc2ccc(/C=C(/C#N)C(=O)Nc3ccc(Cl)cc3)cc2Cl)c1. The molecule has 0 spiro atoms. The number of aryl methyl sites for hydroxylation is 2. The second kappa shape index (κ2) is 11.4. The first kappa shape index (κ1) is 24.8. The molecule has 0 aliphatic carbocycles. The number of benzene rings is 3. The van der Waals surface area contributed by atoms with Crippen LogP contribution in [0.15, 0.2) is 66.2 Å². The summed E-state index contributed by atoms with van der Waals surface area (Å²) < 4.78 is 5.54. The van der Waals surface area contributed by atoms with Gasteiger partial charge in [-0.2, -0.15) is 5.26 Å². The molecule has 8 heteroatoms. The average molecular weight is 494 g/mol. The Morgan fingerprint density at radius 2 is 1.74 bits per heavy atom. The summed E-state index contributed by atoms with van der Waals surface area (Å²) in [5, 5.41) is 15.6. The van der Waals surface area contributed by atoms with Crippen molar-refractivity contribution in [2.45, 2.75) is 13.8 Å². The van der Waals surface area contributed by atoms with E-state index in [0.29, 0.717) is 22.0 Å². The fraction of sp³-hybridized carbons (Fsp3) is 0.115. The summed E-state index contributed by atoms with van der Waals surface area (Å²) in [5.74, 6) is -0.581. The second-order valence-corrected chi connectivity index (χ2v) is 8.32. The molecule has 0 saturated heterocycles. The number of rotatable bonds is 7. The molecule has 0 aliphatic heterocycles. The number of ether oxygens (including phenoxy) is 1. The highest BCUT2D eigenvalue weighted by Crippen LogP contribution is 2.27. The highest BCUT2D eigenvalue weighted by Gasteiger charge is 2.12. The lowest BCUT2D eigenvalue weighted by Crippen LogP contribution is -2.20.